The molecule has 12 heteroatoms. The molecule has 3 aromatic carbocycles. The summed E-state index contributed by atoms with van der Waals surface area (Å²) < 4.78 is 84.1. The molecule has 0 saturated carbocycles. The fraction of sp³-hybridized carbons (Fsp3) is 0.296. The quantitative estimate of drug-likeness (QED) is 0.331. The van der Waals surface area contributed by atoms with Gasteiger partial charge in [-0.25, -0.2) is 0 Å². The summed E-state index contributed by atoms with van der Waals surface area (Å²) in [4.78, 5) is 14.9. The molecule has 208 valence electrons. The van der Waals surface area contributed by atoms with E-state index in [9.17, 15) is 26.4 Å². The number of aryl methyl sites for hydroxylation is 1. The van der Waals surface area contributed by atoms with Gasteiger partial charge in [-0.1, -0.05) is 35.9 Å². The van der Waals surface area contributed by atoms with Gasteiger partial charge in [0.15, 0.2) is 6.10 Å². The first-order chi connectivity index (χ1) is 18.4. The first-order valence-corrected chi connectivity index (χ1v) is 13.2. The molecule has 39 heavy (non-hydrogen) atoms. The van der Waals surface area contributed by atoms with Gasteiger partial charge in [-0.15, -0.1) is 13.2 Å². The van der Waals surface area contributed by atoms with Gasteiger partial charge in [0.1, 0.15) is 17.2 Å². The molecule has 0 spiro atoms. The summed E-state index contributed by atoms with van der Waals surface area (Å²) in [5.41, 5.74) is 1.84. The fourth-order valence-corrected chi connectivity index (χ4v) is 5.47. The highest BCUT2D eigenvalue weighted by Crippen LogP contribution is 2.44. The molecule has 1 heterocycles. The van der Waals surface area contributed by atoms with Crippen molar-refractivity contribution in [2.24, 2.45) is 0 Å². The van der Waals surface area contributed by atoms with E-state index in [2.05, 4.69) is 4.74 Å². The van der Waals surface area contributed by atoms with Gasteiger partial charge < -0.3 is 19.1 Å². The number of likely N-dealkylation sites (tertiary alicyclic amines) is 1. The number of amides is 1. The van der Waals surface area contributed by atoms with Crippen molar-refractivity contribution in [1.29, 1.82) is 0 Å². The highest BCUT2D eigenvalue weighted by molar-refractivity contribution is 7.86. The van der Waals surface area contributed by atoms with Crippen LogP contribution in [0.25, 0.3) is 0 Å². The summed E-state index contributed by atoms with van der Waals surface area (Å²) in [5.74, 6) is -0.201. The monoisotopic (exact) mass is 565 g/mol. The van der Waals surface area contributed by atoms with Crippen molar-refractivity contribution in [2.75, 3.05) is 14.2 Å². The fourth-order valence-electron chi connectivity index (χ4n) is 4.43. The third-order valence-electron chi connectivity index (χ3n) is 6.23. The number of carbonyl (C=O) groups is 1. The Hall–Kier alpha value is -3.77. The normalized spacial score (nSPS) is 17.8. The number of hydrogen-bond donors (Lipinski definition) is 0. The van der Waals surface area contributed by atoms with Crippen LogP contribution in [0, 0.1) is 6.92 Å². The van der Waals surface area contributed by atoms with Crippen LogP contribution in [0.5, 0.6) is 17.2 Å². The van der Waals surface area contributed by atoms with Crippen molar-refractivity contribution >= 4 is 16.0 Å². The van der Waals surface area contributed by atoms with Crippen LogP contribution < -0.4 is 14.2 Å². The lowest BCUT2D eigenvalue weighted by atomic mass is 10.0. The summed E-state index contributed by atoms with van der Waals surface area (Å²) in [5, 5.41) is 0. The highest BCUT2D eigenvalue weighted by Gasteiger charge is 2.45. The maximum absolute atomic E-state index is 13.6. The van der Waals surface area contributed by atoms with E-state index >= 15 is 0 Å². The largest absolute Gasteiger partial charge is 0.573 e. The second-order valence-corrected chi connectivity index (χ2v) is 10.4. The second kappa shape index (κ2) is 11.1. The molecular formula is C27H26F3NO7S. The number of methoxy groups -OCH3 is 2. The third kappa shape index (κ3) is 6.45. The van der Waals surface area contributed by atoms with Gasteiger partial charge in [0.05, 0.1) is 30.7 Å². The van der Waals surface area contributed by atoms with Gasteiger partial charge in [0.25, 0.3) is 16.0 Å². The van der Waals surface area contributed by atoms with Crippen LogP contribution in [0.2, 0.25) is 0 Å². The van der Waals surface area contributed by atoms with E-state index in [1.54, 1.807) is 30.3 Å². The molecule has 1 amide bonds. The van der Waals surface area contributed by atoms with E-state index in [0.29, 0.717) is 22.6 Å². The molecule has 1 fully saturated rings. The zero-order valence-corrected chi connectivity index (χ0v) is 22.1. The topological polar surface area (TPSA) is 91.4 Å². The number of carbonyl (C=O) groups excluding carboxylic acids is 1. The Balaban J connectivity index is 1.68. The Kier molecular flexibility index (Phi) is 8.07. The number of ether oxygens (including phenoxy) is 3. The summed E-state index contributed by atoms with van der Waals surface area (Å²) in [6.07, 6.45) is -6.25. The lowest BCUT2D eigenvalue weighted by molar-refractivity contribution is -0.274. The van der Waals surface area contributed by atoms with Crippen LogP contribution in [-0.4, -0.2) is 45.9 Å². The minimum Gasteiger partial charge on any atom is -0.496 e. The van der Waals surface area contributed by atoms with E-state index in [1.807, 2.05) is 6.92 Å². The maximum atomic E-state index is 13.6. The molecule has 0 aromatic heterocycles. The Morgan fingerprint density at radius 2 is 1.51 bits per heavy atom. The number of rotatable bonds is 9. The van der Waals surface area contributed by atoms with Crippen LogP contribution in [0.3, 0.4) is 0 Å². The summed E-state index contributed by atoms with van der Waals surface area (Å²) in [6.45, 7) is 1.75. The molecule has 3 aromatic rings. The van der Waals surface area contributed by atoms with Crippen LogP contribution >= 0.6 is 0 Å². The molecule has 0 bridgehead atoms. The van der Waals surface area contributed by atoms with Gasteiger partial charge >= 0.3 is 6.36 Å². The molecule has 2 atom stereocenters. The number of nitrogens with zero attached hydrogens (tertiary/aromatic N) is 1. The van der Waals surface area contributed by atoms with Gasteiger partial charge in [0.2, 0.25) is 0 Å². The number of halogens is 3. The number of benzene rings is 3. The van der Waals surface area contributed by atoms with Crippen molar-refractivity contribution < 1.29 is 44.8 Å². The molecular weight excluding hydrogens is 539 g/mol. The lowest BCUT2D eigenvalue weighted by Gasteiger charge is -2.27. The van der Waals surface area contributed by atoms with E-state index in [1.165, 1.54) is 43.4 Å². The van der Waals surface area contributed by atoms with E-state index in [0.717, 1.165) is 17.7 Å². The SMILES string of the molecule is COc1cccc(OC)c1C1CC(OS(=O)(=O)c2ccc(C)cc2)C(=O)N1Cc1ccc(OC(F)(F)F)cc1. The van der Waals surface area contributed by atoms with Gasteiger partial charge in [-0.05, 0) is 48.9 Å². The molecule has 1 aliphatic rings. The summed E-state index contributed by atoms with van der Waals surface area (Å²) in [7, 11) is -1.38. The molecule has 1 aliphatic heterocycles. The number of alkyl halides is 3. The zero-order valence-electron chi connectivity index (χ0n) is 21.3. The van der Waals surface area contributed by atoms with Crippen LogP contribution in [0.1, 0.15) is 29.2 Å². The Labute approximate surface area is 224 Å². The molecule has 0 N–H and O–H groups in total. The van der Waals surface area contributed by atoms with Gasteiger partial charge in [-0.2, -0.15) is 8.42 Å². The predicted octanol–water partition coefficient (Wildman–Crippen LogP) is 5.16. The van der Waals surface area contributed by atoms with E-state index in [-0.39, 0.29) is 17.9 Å². The average molecular weight is 566 g/mol. The van der Waals surface area contributed by atoms with Crippen molar-refractivity contribution in [3.05, 3.63) is 83.4 Å². The molecule has 0 radical (unpaired) electrons. The minimum absolute atomic E-state index is 0.0457. The first-order valence-electron chi connectivity index (χ1n) is 11.8. The van der Waals surface area contributed by atoms with Crippen molar-refractivity contribution in [3.8, 4) is 17.2 Å². The van der Waals surface area contributed by atoms with Crippen molar-refractivity contribution in [3.63, 3.8) is 0 Å². The maximum Gasteiger partial charge on any atom is 0.573 e. The first kappa shape index (κ1) is 28.2. The third-order valence-corrected chi connectivity index (χ3v) is 7.57. The number of hydrogen-bond acceptors (Lipinski definition) is 7. The van der Waals surface area contributed by atoms with Crippen LogP contribution in [-0.2, 0) is 25.6 Å². The van der Waals surface area contributed by atoms with Gasteiger partial charge in [0, 0.05) is 13.0 Å². The predicted molar refractivity (Wildman–Crippen MR) is 134 cm³/mol. The van der Waals surface area contributed by atoms with E-state index in [4.69, 9.17) is 13.7 Å². The van der Waals surface area contributed by atoms with Crippen molar-refractivity contribution in [1.82, 2.24) is 4.90 Å². The van der Waals surface area contributed by atoms with Crippen LogP contribution in [0.4, 0.5) is 13.2 Å². The Bertz CT molecular complexity index is 1400. The lowest BCUT2D eigenvalue weighted by Crippen LogP contribution is -2.33. The van der Waals surface area contributed by atoms with Gasteiger partial charge in [-0.3, -0.25) is 8.98 Å². The Morgan fingerprint density at radius 1 is 0.923 bits per heavy atom. The second-order valence-electron chi connectivity index (χ2n) is 8.84. The molecule has 2 unspecified atom stereocenters. The smallest absolute Gasteiger partial charge is 0.496 e. The Morgan fingerprint density at radius 3 is 2.05 bits per heavy atom. The minimum atomic E-state index is -4.84. The zero-order chi connectivity index (χ0) is 28.4. The molecule has 0 aliphatic carbocycles. The van der Waals surface area contributed by atoms with Crippen molar-refractivity contribution in [2.45, 2.75) is 43.3 Å². The average Bonchev–Trinajstić information content (AvgIpc) is 3.17. The molecule has 8 nitrogen and oxygen atoms in total. The summed E-state index contributed by atoms with van der Waals surface area (Å²) >= 11 is 0. The molecule has 1 saturated heterocycles. The van der Waals surface area contributed by atoms with E-state index < -0.39 is 40.3 Å². The summed E-state index contributed by atoms with van der Waals surface area (Å²) in [6, 6.07) is 15.4. The van der Waals surface area contributed by atoms with Crippen LogP contribution in [0.15, 0.2) is 71.6 Å². The molecule has 4 rings (SSSR count). The highest BCUT2D eigenvalue weighted by atomic mass is 32.2. The standard InChI is InChI=1S/C27H26F3NO7S/c1-17-7-13-20(14-8-17)39(33,34)38-24-15-21(25-22(35-2)5-4-6-23(25)36-3)31(26(24)32)16-18-9-11-19(12-10-18)37-27(28,29)30/h4-14,21,24H,15-16H2,1-3H3.